The Bertz CT molecular complexity index is 1210. The topological polar surface area (TPSA) is 101 Å². The molecule has 38 heavy (non-hydrogen) atoms. The molecule has 0 saturated carbocycles. The van der Waals surface area contributed by atoms with E-state index in [4.69, 9.17) is 10.7 Å². The summed E-state index contributed by atoms with van der Waals surface area (Å²) in [6.45, 7) is 14.1. The highest BCUT2D eigenvalue weighted by Crippen LogP contribution is 2.29. The van der Waals surface area contributed by atoms with Crippen LogP contribution in [0.4, 0.5) is 10.2 Å². The molecule has 0 aromatic carbocycles. The van der Waals surface area contributed by atoms with Crippen LogP contribution in [0.25, 0.3) is 11.2 Å². The van der Waals surface area contributed by atoms with Crippen LogP contribution in [-0.4, -0.2) is 56.8 Å². The molecular weight excluding hydrogens is 549 g/mol. The molecular formula is C28H41BrFN7O. The second-order valence-electron chi connectivity index (χ2n) is 8.85. The number of halogens is 2. The maximum Gasteiger partial charge on any atom is 0.219 e. The molecule has 208 valence electrons. The van der Waals surface area contributed by atoms with Crippen molar-refractivity contribution in [1.29, 1.82) is 0 Å². The number of carbonyl (C=O) groups is 1. The van der Waals surface area contributed by atoms with Gasteiger partial charge in [-0.05, 0) is 54.3 Å². The molecule has 2 aromatic rings. The van der Waals surface area contributed by atoms with Crippen molar-refractivity contribution in [3.8, 4) is 0 Å². The summed E-state index contributed by atoms with van der Waals surface area (Å²) in [6.07, 6.45) is 12.2. The van der Waals surface area contributed by atoms with Crippen LogP contribution in [0, 0.1) is 0 Å². The van der Waals surface area contributed by atoms with Crippen LogP contribution in [0.15, 0.2) is 45.8 Å². The lowest BCUT2D eigenvalue weighted by atomic mass is 9.89. The Labute approximate surface area is 234 Å². The highest BCUT2D eigenvalue weighted by molar-refractivity contribution is 9.10. The van der Waals surface area contributed by atoms with E-state index in [1.807, 2.05) is 38.7 Å². The number of piperidine rings is 1. The number of anilines is 1. The second kappa shape index (κ2) is 14.9. The Morgan fingerprint density at radius 2 is 1.89 bits per heavy atom. The van der Waals surface area contributed by atoms with Crippen LogP contribution in [0.5, 0.6) is 0 Å². The number of carbonyl (C=O) groups excluding carboxylic acids is 1. The third-order valence-corrected chi connectivity index (χ3v) is 7.23. The molecule has 0 aliphatic carbocycles. The van der Waals surface area contributed by atoms with E-state index in [2.05, 4.69) is 38.3 Å². The summed E-state index contributed by atoms with van der Waals surface area (Å²) < 4.78 is 16.0. The van der Waals surface area contributed by atoms with Gasteiger partial charge >= 0.3 is 0 Å². The van der Waals surface area contributed by atoms with Crippen LogP contribution in [0.2, 0.25) is 0 Å². The van der Waals surface area contributed by atoms with E-state index in [0.29, 0.717) is 35.4 Å². The Morgan fingerprint density at radius 1 is 1.21 bits per heavy atom. The third kappa shape index (κ3) is 7.83. The van der Waals surface area contributed by atoms with Gasteiger partial charge in [-0.15, -0.1) is 0 Å². The number of hydrogen-bond acceptors (Lipinski definition) is 6. The molecule has 0 radical (unpaired) electrons. The van der Waals surface area contributed by atoms with Gasteiger partial charge in [0, 0.05) is 49.4 Å². The van der Waals surface area contributed by atoms with Crippen molar-refractivity contribution in [2.24, 2.45) is 4.99 Å². The van der Waals surface area contributed by atoms with Crippen LogP contribution in [0.1, 0.15) is 72.1 Å². The summed E-state index contributed by atoms with van der Waals surface area (Å²) in [5.41, 5.74) is 9.27. The number of nitrogens with one attached hydrogen (secondary N) is 1. The van der Waals surface area contributed by atoms with Crippen LogP contribution in [0.3, 0.4) is 0 Å². The molecule has 0 unspecified atom stereocenters. The first kappa shape index (κ1) is 31.4. The molecule has 0 atom stereocenters. The lowest BCUT2D eigenvalue weighted by Crippen LogP contribution is -2.52. The maximum absolute atomic E-state index is 13.8. The Morgan fingerprint density at radius 3 is 2.55 bits per heavy atom. The number of allylic oxidation sites excluding steroid dienone is 5. The van der Waals surface area contributed by atoms with Crippen molar-refractivity contribution in [2.75, 3.05) is 25.4 Å². The number of rotatable bonds is 4. The number of nitrogen functional groups attached to an aromatic ring is 1. The van der Waals surface area contributed by atoms with Crippen molar-refractivity contribution in [3.05, 3.63) is 52.1 Å². The molecule has 2 aliphatic heterocycles. The molecule has 0 bridgehead atoms. The van der Waals surface area contributed by atoms with Crippen LogP contribution < -0.4 is 11.1 Å². The molecule has 10 heteroatoms. The predicted molar refractivity (Wildman–Crippen MR) is 159 cm³/mol. The van der Waals surface area contributed by atoms with Gasteiger partial charge in [0.2, 0.25) is 5.91 Å². The molecule has 4 heterocycles. The first-order valence-corrected chi connectivity index (χ1v) is 14.1. The van der Waals surface area contributed by atoms with Crippen molar-refractivity contribution < 1.29 is 9.18 Å². The Balaban J connectivity index is 0.00000121. The van der Waals surface area contributed by atoms with Crippen molar-refractivity contribution in [2.45, 2.75) is 72.9 Å². The van der Waals surface area contributed by atoms with Gasteiger partial charge in [0.1, 0.15) is 11.6 Å². The molecule has 1 saturated heterocycles. The number of nitrogens with zero attached hydrogens (tertiary/aromatic N) is 5. The van der Waals surface area contributed by atoms with E-state index in [9.17, 15) is 9.18 Å². The van der Waals surface area contributed by atoms with Crippen LogP contribution in [-0.2, 0) is 11.3 Å². The predicted octanol–water partition coefficient (Wildman–Crippen LogP) is 5.88. The average Bonchev–Trinajstić information content (AvgIpc) is 3.35. The zero-order valence-electron chi connectivity index (χ0n) is 23.4. The van der Waals surface area contributed by atoms with Gasteiger partial charge < -0.3 is 16.0 Å². The van der Waals surface area contributed by atoms with E-state index in [1.54, 1.807) is 29.9 Å². The average molecular weight is 591 g/mol. The number of fused-ring (bicyclic) bond motifs is 1. The first-order chi connectivity index (χ1) is 18.3. The number of aromatic nitrogens is 3. The minimum absolute atomic E-state index is 0.105. The van der Waals surface area contributed by atoms with Crippen LogP contribution >= 0.6 is 15.9 Å². The van der Waals surface area contributed by atoms with Gasteiger partial charge in [-0.2, -0.15) is 9.61 Å². The Kier molecular flexibility index (Phi) is 12.3. The second-order valence-corrected chi connectivity index (χ2v) is 9.65. The van der Waals surface area contributed by atoms with E-state index >= 15 is 0 Å². The number of likely N-dealkylation sites (tertiary alicyclic amines) is 1. The minimum Gasteiger partial charge on any atom is -0.383 e. The maximum atomic E-state index is 13.8. The zero-order chi connectivity index (χ0) is 28.3. The van der Waals surface area contributed by atoms with Crippen molar-refractivity contribution in [1.82, 2.24) is 24.8 Å². The van der Waals surface area contributed by atoms with E-state index in [0.717, 1.165) is 42.8 Å². The van der Waals surface area contributed by atoms with Gasteiger partial charge in [0.05, 0.1) is 22.9 Å². The monoisotopic (exact) mass is 589 g/mol. The molecule has 1 amide bonds. The molecule has 3 N–H and O–H groups in total. The summed E-state index contributed by atoms with van der Waals surface area (Å²) >= 11 is 3.59. The molecule has 0 spiro atoms. The molecule has 1 fully saturated rings. The van der Waals surface area contributed by atoms with E-state index in [-0.39, 0.29) is 17.3 Å². The molecule has 8 nitrogen and oxygen atoms in total. The van der Waals surface area contributed by atoms with Crippen molar-refractivity contribution >= 4 is 45.1 Å². The molecule has 2 aliphatic rings. The highest BCUT2D eigenvalue weighted by atomic mass is 79.9. The summed E-state index contributed by atoms with van der Waals surface area (Å²) in [6, 6.07) is 0. The molecule has 2 aromatic heterocycles. The highest BCUT2D eigenvalue weighted by Gasteiger charge is 2.31. The van der Waals surface area contributed by atoms with Gasteiger partial charge in [0.15, 0.2) is 5.65 Å². The van der Waals surface area contributed by atoms with Gasteiger partial charge in [-0.3, -0.25) is 9.79 Å². The Hall–Kier alpha value is -2.85. The third-order valence-electron chi connectivity index (χ3n) is 6.37. The molecule has 4 rings (SSSR count). The quantitative estimate of drug-likeness (QED) is 0.463. The number of nitrogens with two attached hydrogens (primary N) is 1. The van der Waals surface area contributed by atoms with E-state index in [1.165, 1.54) is 12.2 Å². The fraction of sp³-hybridized carbons (Fsp3) is 0.500. The van der Waals surface area contributed by atoms with Gasteiger partial charge in [0.25, 0.3) is 0 Å². The standard InChI is InChI=1S/C24H29BrFN7O.2C2H6/c1-16(34)32-11-8-24(2,9-12-32)29-15-20-21(25)22(27)33-23(31-20)19(14-30-33)17-5-3-6-18(26)7-4-10-28-13-17;2*1-2/h4-7,13-14,29H,3,8-12,15,27H2,1-2H3;2*1-2H3/b7-4-,17-5+,18-6+,28-13?;;. The number of aliphatic imine (C=N–C) groups is 1. The number of hydrogen-bond donors (Lipinski definition) is 2. The van der Waals surface area contributed by atoms with E-state index < -0.39 is 0 Å². The van der Waals surface area contributed by atoms with Crippen molar-refractivity contribution in [3.63, 3.8) is 0 Å². The zero-order valence-corrected chi connectivity index (χ0v) is 25.0. The minimum atomic E-state index is -0.283. The normalized spacial score (nSPS) is 20.6. The lowest BCUT2D eigenvalue weighted by molar-refractivity contribution is -0.130. The van der Waals surface area contributed by atoms with Gasteiger partial charge in [-0.25, -0.2) is 9.37 Å². The summed E-state index contributed by atoms with van der Waals surface area (Å²) in [5, 5.41) is 8.05. The van der Waals surface area contributed by atoms with Gasteiger partial charge in [-0.1, -0.05) is 39.8 Å². The summed E-state index contributed by atoms with van der Waals surface area (Å²) in [7, 11) is 0. The largest absolute Gasteiger partial charge is 0.383 e. The fourth-order valence-corrected chi connectivity index (χ4v) is 4.53. The smallest absolute Gasteiger partial charge is 0.219 e. The SMILES string of the molecule is CC.CC.CC(=O)N1CCC(C)(NCc2nc3c(/C4=C/C/C=C(F)\C=C/CN=C4)cnn3c(N)c2Br)CC1. The summed E-state index contributed by atoms with van der Waals surface area (Å²) in [5.74, 6) is 0.288. The lowest BCUT2D eigenvalue weighted by Gasteiger charge is -2.40. The summed E-state index contributed by atoms with van der Waals surface area (Å²) in [4.78, 5) is 22.8. The first-order valence-electron chi connectivity index (χ1n) is 13.3. The fourth-order valence-electron chi connectivity index (χ4n) is 4.13. The number of amides is 1.